The number of nitrogens with one attached hydrogen (secondary N) is 1. The lowest BCUT2D eigenvalue weighted by molar-refractivity contribution is -0.274. The highest BCUT2D eigenvalue weighted by molar-refractivity contribution is 7.15. The standard InChI is InChI=1S/C21H21F3N6O3S/c1-32-19(13-3-2-4-15(7-13)33-21(22,23)24)17(31)8-16-9-26-20(34-16)28-14-5-6-30(11-14)18-10-25-12-27-29-18/h2-4,7,9-10,12,14,19H,5-6,8,11H2,1H3,(H,26,28). The molecule has 0 amide bonds. The zero-order valence-corrected chi connectivity index (χ0v) is 18.8. The molecule has 1 aliphatic heterocycles. The summed E-state index contributed by atoms with van der Waals surface area (Å²) in [5.74, 6) is 0.00332. The first kappa shape index (κ1) is 23.8. The van der Waals surface area contributed by atoms with Gasteiger partial charge in [0.1, 0.15) is 18.2 Å². The average Bonchev–Trinajstić information content (AvgIpc) is 3.44. The first-order chi connectivity index (χ1) is 16.3. The van der Waals surface area contributed by atoms with Gasteiger partial charge < -0.3 is 19.7 Å². The van der Waals surface area contributed by atoms with Gasteiger partial charge in [0.25, 0.3) is 0 Å². The van der Waals surface area contributed by atoms with Crippen molar-refractivity contribution in [3.63, 3.8) is 0 Å². The van der Waals surface area contributed by atoms with E-state index in [0.717, 1.165) is 25.6 Å². The Morgan fingerprint density at radius 2 is 2.21 bits per heavy atom. The van der Waals surface area contributed by atoms with Gasteiger partial charge in [-0.05, 0) is 24.1 Å². The molecule has 3 aromatic rings. The van der Waals surface area contributed by atoms with E-state index in [4.69, 9.17) is 4.74 Å². The minimum Gasteiger partial charge on any atom is -0.406 e. The van der Waals surface area contributed by atoms with Gasteiger partial charge in [0.2, 0.25) is 0 Å². The van der Waals surface area contributed by atoms with Crippen molar-refractivity contribution in [2.75, 3.05) is 30.4 Å². The molecule has 9 nitrogen and oxygen atoms in total. The lowest BCUT2D eigenvalue weighted by Crippen LogP contribution is -2.26. The monoisotopic (exact) mass is 494 g/mol. The number of carbonyl (C=O) groups is 1. The number of anilines is 2. The Morgan fingerprint density at radius 3 is 2.94 bits per heavy atom. The van der Waals surface area contributed by atoms with E-state index in [1.807, 2.05) is 0 Å². The van der Waals surface area contributed by atoms with Crippen LogP contribution in [0.2, 0.25) is 0 Å². The van der Waals surface area contributed by atoms with Crippen LogP contribution in [0.3, 0.4) is 0 Å². The highest BCUT2D eigenvalue weighted by Gasteiger charge is 2.32. The topological polar surface area (TPSA) is 102 Å². The van der Waals surface area contributed by atoms with E-state index in [-0.39, 0.29) is 23.8 Å². The molecule has 2 aromatic heterocycles. The van der Waals surface area contributed by atoms with E-state index < -0.39 is 18.2 Å². The second kappa shape index (κ2) is 10.3. The lowest BCUT2D eigenvalue weighted by Gasteiger charge is -2.16. The van der Waals surface area contributed by atoms with Crippen LogP contribution in [0.5, 0.6) is 5.75 Å². The van der Waals surface area contributed by atoms with Gasteiger partial charge in [-0.2, -0.15) is 0 Å². The molecule has 1 fully saturated rings. The maximum atomic E-state index is 12.8. The van der Waals surface area contributed by atoms with Gasteiger partial charge in [0, 0.05) is 43.7 Å². The summed E-state index contributed by atoms with van der Waals surface area (Å²) in [5, 5.41) is 11.9. The Labute approximate surface area is 197 Å². The number of halogens is 3. The molecule has 1 aromatic carbocycles. The first-order valence-electron chi connectivity index (χ1n) is 10.3. The van der Waals surface area contributed by atoms with Crippen LogP contribution >= 0.6 is 11.3 Å². The van der Waals surface area contributed by atoms with Crippen molar-refractivity contribution in [3.05, 3.63) is 53.4 Å². The number of aromatic nitrogens is 4. The molecule has 0 spiro atoms. The number of thiazole rings is 1. The van der Waals surface area contributed by atoms with Gasteiger partial charge in [-0.1, -0.05) is 12.1 Å². The summed E-state index contributed by atoms with van der Waals surface area (Å²) in [6, 6.07) is 5.37. The number of ether oxygens (including phenoxy) is 2. The van der Waals surface area contributed by atoms with E-state index in [1.165, 1.54) is 43.0 Å². The molecule has 180 valence electrons. The van der Waals surface area contributed by atoms with E-state index >= 15 is 0 Å². The summed E-state index contributed by atoms with van der Waals surface area (Å²) in [5.41, 5.74) is 0.279. The van der Waals surface area contributed by atoms with Gasteiger partial charge in [-0.25, -0.2) is 9.97 Å². The smallest absolute Gasteiger partial charge is 0.406 e. The third kappa shape index (κ3) is 6.17. The molecule has 0 bridgehead atoms. The summed E-state index contributed by atoms with van der Waals surface area (Å²) in [7, 11) is 1.33. The maximum absolute atomic E-state index is 12.8. The number of nitrogens with zero attached hydrogens (tertiary/aromatic N) is 5. The largest absolute Gasteiger partial charge is 0.573 e. The molecule has 2 unspecified atom stereocenters. The Bertz CT molecular complexity index is 1110. The normalized spacial score (nSPS) is 16.9. The van der Waals surface area contributed by atoms with Crippen LogP contribution in [-0.2, 0) is 16.0 Å². The van der Waals surface area contributed by atoms with E-state index in [9.17, 15) is 18.0 Å². The number of carbonyl (C=O) groups excluding carboxylic acids is 1. The fourth-order valence-corrected chi connectivity index (χ4v) is 4.59. The third-order valence-electron chi connectivity index (χ3n) is 5.13. The number of ketones is 1. The van der Waals surface area contributed by atoms with E-state index in [2.05, 4.69) is 35.1 Å². The fraction of sp³-hybridized carbons (Fsp3) is 0.381. The number of hydrogen-bond acceptors (Lipinski definition) is 10. The SMILES string of the molecule is COC(C(=O)Cc1cnc(NC2CCN(c3cncnn3)C2)s1)c1cccc(OC(F)(F)F)c1. The van der Waals surface area contributed by atoms with Gasteiger partial charge >= 0.3 is 6.36 Å². The fourth-order valence-electron chi connectivity index (χ4n) is 3.69. The number of benzene rings is 1. The molecule has 0 aliphatic carbocycles. The predicted octanol–water partition coefficient (Wildman–Crippen LogP) is 3.42. The maximum Gasteiger partial charge on any atom is 0.573 e. The number of Topliss-reactive ketones (excluding diaryl/α,β-unsaturated/α-hetero) is 1. The quantitative estimate of drug-likeness (QED) is 0.479. The van der Waals surface area contributed by atoms with Gasteiger partial charge in [0.15, 0.2) is 16.7 Å². The van der Waals surface area contributed by atoms with Crippen molar-refractivity contribution in [2.24, 2.45) is 0 Å². The van der Waals surface area contributed by atoms with E-state index in [0.29, 0.717) is 15.8 Å². The zero-order valence-electron chi connectivity index (χ0n) is 18.0. The van der Waals surface area contributed by atoms with Crippen LogP contribution in [0.25, 0.3) is 0 Å². The molecule has 1 aliphatic rings. The van der Waals surface area contributed by atoms with Gasteiger partial charge in [-0.15, -0.1) is 34.7 Å². The minimum absolute atomic E-state index is 0.0320. The van der Waals surface area contributed by atoms with Crippen molar-refractivity contribution in [3.8, 4) is 5.75 Å². The summed E-state index contributed by atoms with van der Waals surface area (Å²) >= 11 is 1.35. The molecule has 4 rings (SSSR count). The highest BCUT2D eigenvalue weighted by Crippen LogP contribution is 2.29. The summed E-state index contributed by atoms with van der Waals surface area (Å²) < 4.78 is 46.8. The van der Waals surface area contributed by atoms with Crippen LogP contribution < -0.4 is 15.0 Å². The number of hydrogen-bond donors (Lipinski definition) is 1. The van der Waals surface area contributed by atoms with Crippen LogP contribution in [0.1, 0.15) is 23.0 Å². The molecule has 2 atom stereocenters. The number of alkyl halides is 3. The molecule has 1 N–H and O–H groups in total. The van der Waals surface area contributed by atoms with Gasteiger partial charge in [0.05, 0.1) is 6.20 Å². The number of methoxy groups -OCH3 is 1. The summed E-state index contributed by atoms with van der Waals surface area (Å²) in [4.78, 5) is 24.0. The van der Waals surface area contributed by atoms with Gasteiger partial charge in [-0.3, -0.25) is 4.79 Å². The molecule has 0 saturated carbocycles. The van der Waals surface area contributed by atoms with Crippen molar-refractivity contribution < 1.29 is 27.4 Å². The Hall–Kier alpha value is -3.32. The van der Waals surface area contributed by atoms with Crippen molar-refractivity contribution in [1.29, 1.82) is 0 Å². The highest BCUT2D eigenvalue weighted by atomic mass is 32.1. The molecule has 0 radical (unpaired) electrons. The van der Waals surface area contributed by atoms with Crippen LogP contribution in [0.4, 0.5) is 24.1 Å². The summed E-state index contributed by atoms with van der Waals surface area (Å²) in [6.45, 7) is 1.53. The second-order valence-corrected chi connectivity index (χ2v) is 8.67. The van der Waals surface area contributed by atoms with Crippen LogP contribution in [-0.4, -0.2) is 58.6 Å². The molecule has 3 heterocycles. The Morgan fingerprint density at radius 1 is 1.35 bits per heavy atom. The Balaban J connectivity index is 1.35. The molecular formula is C21H21F3N6O3S. The van der Waals surface area contributed by atoms with E-state index in [1.54, 1.807) is 12.4 Å². The van der Waals surface area contributed by atoms with Crippen LogP contribution in [0, 0.1) is 0 Å². The van der Waals surface area contributed by atoms with Crippen molar-refractivity contribution >= 4 is 28.1 Å². The zero-order chi connectivity index (χ0) is 24.1. The molecule has 34 heavy (non-hydrogen) atoms. The average molecular weight is 494 g/mol. The lowest BCUT2D eigenvalue weighted by atomic mass is 10.0. The Kier molecular flexibility index (Phi) is 7.22. The first-order valence-corrected chi connectivity index (χ1v) is 11.1. The second-order valence-electron chi connectivity index (χ2n) is 7.55. The molecular weight excluding hydrogens is 473 g/mol. The molecule has 1 saturated heterocycles. The molecule has 13 heteroatoms. The number of rotatable bonds is 9. The van der Waals surface area contributed by atoms with Crippen molar-refractivity contribution in [1.82, 2.24) is 20.2 Å². The predicted molar refractivity (Wildman–Crippen MR) is 118 cm³/mol. The third-order valence-corrected chi connectivity index (χ3v) is 6.06. The summed E-state index contributed by atoms with van der Waals surface area (Å²) in [6.07, 6.45) is -0.274. The minimum atomic E-state index is -4.82. The van der Waals surface area contributed by atoms with Crippen LogP contribution in [0.15, 0.2) is 43.0 Å². The van der Waals surface area contributed by atoms with Crippen molar-refractivity contribution in [2.45, 2.75) is 31.3 Å².